The van der Waals surface area contributed by atoms with Crippen molar-refractivity contribution >= 4 is 28.6 Å². The van der Waals surface area contributed by atoms with Crippen LogP contribution in [-0.2, 0) is 4.79 Å². The highest BCUT2D eigenvalue weighted by Gasteiger charge is 2.15. The van der Waals surface area contributed by atoms with Crippen molar-refractivity contribution in [1.82, 2.24) is 20.5 Å². The van der Waals surface area contributed by atoms with E-state index in [9.17, 15) is 4.79 Å². The van der Waals surface area contributed by atoms with Crippen LogP contribution in [0.5, 0.6) is 0 Å². The largest absolute Gasteiger partial charge is 0.411 e. The molecule has 7 heteroatoms. The topological polar surface area (TPSA) is 83.8 Å². The molecule has 0 aliphatic carbocycles. The molecule has 2 aromatic heterocycles. The molecule has 0 fully saturated rings. The van der Waals surface area contributed by atoms with Gasteiger partial charge in [0.25, 0.3) is 11.1 Å². The fourth-order valence-corrected chi connectivity index (χ4v) is 3.15. The van der Waals surface area contributed by atoms with E-state index in [0.717, 1.165) is 29.3 Å². The molecule has 24 heavy (non-hydrogen) atoms. The van der Waals surface area contributed by atoms with Gasteiger partial charge in [-0.1, -0.05) is 43.3 Å². The lowest BCUT2D eigenvalue weighted by atomic mass is 10.2. The molecule has 6 nitrogen and oxygen atoms in total. The number of amides is 1. The predicted octanol–water partition coefficient (Wildman–Crippen LogP) is 3.61. The molecule has 0 saturated heterocycles. The van der Waals surface area contributed by atoms with Crippen molar-refractivity contribution in [3.8, 4) is 11.5 Å². The second kappa shape index (κ2) is 7.53. The maximum atomic E-state index is 11.9. The summed E-state index contributed by atoms with van der Waals surface area (Å²) in [5.41, 5.74) is 1.88. The number of hydrogen-bond donors (Lipinski definition) is 2. The van der Waals surface area contributed by atoms with Gasteiger partial charge in [-0.25, -0.2) is 0 Å². The number of carbonyl (C=O) groups is 1. The first-order chi connectivity index (χ1) is 11.7. The summed E-state index contributed by atoms with van der Waals surface area (Å²) in [5, 5.41) is 12.5. The van der Waals surface area contributed by atoms with E-state index in [-0.39, 0.29) is 17.7 Å². The average Bonchev–Trinajstić information content (AvgIpc) is 3.19. The molecule has 2 heterocycles. The molecular weight excluding hydrogens is 324 g/mol. The smallest absolute Gasteiger partial charge is 0.277 e. The molecule has 0 aliphatic rings. The second-order valence-electron chi connectivity index (χ2n) is 5.67. The van der Waals surface area contributed by atoms with Crippen LogP contribution in [0.2, 0.25) is 0 Å². The highest BCUT2D eigenvalue weighted by Crippen LogP contribution is 2.29. The lowest BCUT2D eigenvalue weighted by molar-refractivity contribution is -0.119. The summed E-state index contributed by atoms with van der Waals surface area (Å²) in [6.07, 6.45) is 3.87. The number of nitrogens with zero attached hydrogens (tertiary/aromatic N) is 2. The van der Waals surface area contributed by atoms with Crippen LogP contribution in [0.4, 0.5) is 0 Å². The Morgan fingerprint density at radius 3 is 3.04 bits per heavy atom. The third kappa shape index (κ3) is 3.79. The number of carbonyl (C=O) groups excluding carboxylic acids is 1. The Bertz CT molecular complexity index is 827. The van der Waals surface area contributed by atoms with Crippen LogP contribution in [0, 0.1) is 0 Å². The third-order valence-electron chi connectivity index (χ3n) is 3.68. The van der Waals surface area contributed by atoms with Crippen molar-refractivity contribution in [3.63, 3.8) is 0 Å². The van der Waals surface area contributed by atoms with Crippen LogP contribution in [0.1, 0.15) is 26.7 Å². The Morgan fingerprint density at radius 2 is 2.21 bits per heavy atom. The Balaban J connectivity index is 1.63. The van der Waals surface area contributed by atoms with E-state index in [1.807, 2.05) is 37.4 Å². The number of aromatic amines is 1. The normalized spacial score (nSPS) is 12.4. The maximum Gasteiger partial charge on any atom is 0.277 e. The minimum absolute atomic E-state index is 0.0206. The van der Waals surface area contributed by atoms with Crippen LogP contribution in [0.15, 0.2) is 40.1 Å². The zero-order chi connectivity index (χ0) is 16.9. The van der Waals surface area contributed by atoms with Crippen molar-refractivity contribution in [2.24, 2.45) is 0 Å². The molecule has 0 unspecified atom stereocenters. The molecule has 3 rings (SSSR count). The lowest BCUT2D eigenvalue weighted by Gasteiger charge is -2.11. The van der Waals surface area contributed by atoms with Gasteiger partial charge in [0.05, 0.1) is 11.3 Å². The number of H-pyrrole nitrogens is 1. The van der Waals surface area contributed by atoms with Crippen LogP contribution in [-0.4, -0.2) is 32.9 Å². The van der Waals surface area contributed by atoms with E-state index in [2.05, 4.69) is 27.4 Å². The maximum absolute atomic E-state index is 11.9. The van der Waals surface area contributed by atoms with Gasteiger partial charge in [-0.3, -0.25) is 4.79 Å². The number of benzene rings is 1. The summed E-state index contributed by atoms with van der Waals surface area (Å²) in [4.78, 5) is 15.1. The van der Waals surface area contributed by atoms with Gasteiger partial charge in [-0.15, -0.1) is 10.2 Å². The summed E-state index contributed by atoms with van der Waals surface area (Å²) in [7, 11) is 0. The van der Waals surface area contributed by atoms with Crippen LogP contribution in [0.3, 0.4) is 0 Å². The first-order valence-corrected chi connectivity index (χ1v) is 8.98. The molecule has 1 atom stereocenters. The Kier molecular flexibility index (Phi) is 5.20. The van der Waals surface area contributed by atoms with Gasteiger partial charge in [-0.2, -0.15) is 0 Å². The van der Waals surface area contributed by atoms with Crippen molar-refractivity contribution in [2.45, 2.75) is 38.0 Å². The van der Waals surface area contributed by atoms with Crippen molar-refractivity contribution in [2.75, 3.05) is 5.75 Å². The first-order valence-electron chi connectivity index (χ1n) is 7.99. The first kappa shape index (κ1) is 16.6. The molecular formula is C17H20N4O2S. The zero-order valence-corrected chi connectivity index (χ0v) is 14.5. The SMILES string of the molecule is CCC[C@@H](C)NC(=O)CSc1nnc(-c2c[nH]c3ccccc23)o1. The quantitative estimate of drug-likeness (QED) is 0.640. The second-order valence-corrected chi connectivity index (χ2v) is 6.59. The minimum atomic E-state index is -0.0206. The molecule has 2 N–H and O–H groups in total. The van der Waals surface area contributed by atoms with Gasteiger partial charge in [0.2, 0.25) is 5.91 Å². The van der Waals surface area contributed by atoms with Gasteiger partial charge in [-0.05, 0) is 19.4 Å². The molecule has 3 aromatic rings. The van der Waals surface area contributed by atoms with Crippen molar-refractivity contribution < 1.29 is 9.21 Å². The van der Waals surface area contributed by atoms with Crippen molar-refractivity contribution in [1.29, 1.82) is 0 Å². The van der Waals surface area contributed by atoms with E-state index in [4.69, 9.17) is 4.42 Å². The van der Waals surface area contributed by atoms with E-state index in [1.165, 1.54) is 11.8 Å². The Morgan fingerprint density at radius 1 is 1.38 bits per heavy atom. The standard InChI is InChI=1S/C17H20N4O2S/c1-3-6-11(2)19-15(22)10-24-17-21-20-16(23-17)13-9-18-14-8-5-4-7-12(13)14/h4-5,7-9,11,18H,3,6,10H2,1-2H3,(H,19,22)/t11-/m1/s1. The number of thioether (sulfide) groups is 1. The van der Waals surface area contributed by atoms with Crippen LogP contribution >= 0.6 is 11.8 Å². The highest BCUT2D eigenvalue weighted by molar-refractivity contribution is 7.99. The highest BCUT2D eigenvalue weighted by atomic mass is 32.2. The van der Waals surface area contributed by atoms with Gasteiger partial charge in [0.15, 0.2) is 0 Å². The number of aromatic nitrogens is 3. The summed E-state index contributed by atoms with van der Waals surface area (Å²) < 4.78 is 5.68. The summed E-state index contributed by atoms with van der Waals surface area (Å²) in [5.74, 6) is 0.700. The van der Waals surface area contributed by atoms with Gasteiger partial charge < -0.3 is 14.7 Å². The number of hydrogen-bond acceptors (Lipinski definition) is 5. The summed E-state index contributed by atoms with van der Waals surface area (Å²) in [6.45, 7) is 4.11. The van der Waals surface area contributed by atoms with Crippen LogP contribution in [0.25, 0.3) is 22.4 Å². The number of para-hydroxylation sites is 1. The van der Waals surface area contributed by atoms with E-state index < -0.39 is 0 Å². The molecule has 1 amide bonds. The number of fused-ring (bicyclic) bond motifs is 1. The summed E-state index contributed by atoms with van der Waals surface area (Å²) >= 11 is 1.25. The lowest BCUT2D eigenvalue weighted by Crippen LogP contribution is -2.33. The van der Waals surface area contributed by atoms with Crippen molar-refractivity contribution in [3.05, 3.63) is 30.5 Å². The molecule has 0 bridgehead atoms. The summed E-state index contributed by atoms with van der Waals surface area (Å²) in [6, 6.07) is 8.11. The number of rotatable bonds is 7. The average molecular weight is 344 g/mol. The molecule has 0 radical (unpaired) electrons. The van der Waals surface area contributed by atoms with Gasteiger partial charge in [0, 0.05) is 23.1 Å². The van der Waals surface area contributed by atoms with Crippen LogP contribution < -0.4 is 5.32 Å². The van der Waals surface area contributed by atoms with E-state index in [1.54, 1.807) is 0 Å². The van der Waals surface area contributed by atoms with Gasteiger partial charge >= 0.3 is 0 Å². The third-order valence-corrected chi connectivity index (χ3v) is 4.50. The van der Waals surface area contributed by atoms with E-state index >= 15 is 0 Å². The molecule has 0 spiro atoms. The number of nitrogens with one attached hydrogen (secondary N) is 2. The van der Waals surface area contributed by atoms with E-state index in [0.29, 0.717) is 11.1 Å². The molecule has 0 aliphatic heterocycles. The molecule has 126 valence electrons. The fraction of sp³-hybridized carbons (Fsp3) is 0.353. The monoisotopic (exact) mass is 344 g/mol. The molecule has 1 aromatic carbocycles. The van der Waals surface area contributed by atoms with Gasteiger partial charge in [0.1, 0.15) is 0 Å². The zero-order valence-electron chi connectivity index (χ0n) is 13.7. The minimum Gasteiger partial charge on any atom is -0.411 e. The predicted molar refractivity (Wildman–Crippen MR) is 94.8 cm³/mol. The Labute approximate surface area is 144 Å². The fourth-order valence-electron chi connectivity index (χ4n) is 2.57. The molecule has 0 saturated carbocycles. The Hall–Kier alpha value is -2.28.